The molecule has 29 heavy (non-hydrogen) atoms. The summed E-state index contributed by atoms with van der Waals surface area (Å²) in [6.45, 7) is 4.73. The normalized spacial score (nSPS) is 11.6. The summed E-state index contributed by atoms with van der Waals surface area (Å²) in [4.78, 5) is 27.4. The van der Waals surface area contributed by atoms with E-state index in [4.69, 9.17) is 16.3 Å². The molecule has 0 radical (unpaired) electrons. The van der Waals surface area contributed by atoms with Gasteiger partial charge in [-0.25, -0.2) is 0 Å². The van der Waals surface area contributed by atoms with Gasteiger partial charge in [-0.05, 0) is 42.7 Å². The highest BCUT2D eigenvalue weighted by Crippen LogP contribution is 2.20. The topological polar surface area (TPSA) is 58.6 Å². The fourth-order valence-electron chi connectivity index (χ4n) is 2.99. The lowest BCUT2D eigenvalue weighted by Gasteiger charge is -2.29. The van der Waals surface area contributed by atoms with Crippen molar-refractivity contribution in [3.05, 3.63) is 64.7 Å². The number of nitrogens with zero attached hydrogens (tertiary/aromatic N) is 1. The van der Waals surface area contributed by atoms with Crippen molar-refractivity contribution in [1.82, 2.24) is 10.2 Å². The number of hydrogen-bond donors (Lipinski definition) is 1. The summed E-state index contributed by atoms with van der Waals surface area (Å²) in [5.41, 5.74) is 1.64. The lowest BCUT2D eigenvalue weighted by Crippen LogP contribution is -2.48. The molecule has 0 unspecified atom stereocenters. The molecule has 0 heterocycles. The number of ether oxygens (including phenoxy) is 1. The minimum atomic E-state index is -0.604. The van der Waals surface area contributed by atoms with E-state index in [1.54, 1.807) is 25.0 Å². The fourth-order valence-corrected chi connectivity index (χ4v) is 3.19. The molecule has 0 fully saturated rings. The van der Waals surface area contributed by atoms with Crippen LogP contribution in [0.25, 0.3) is 0 Å². The molecule has 0 aromatic heterocycles. The maximum atomic E-state index is 13.2. The van der Waals surface area contributed by atoms with Crippen LogP contribution in [-0.4, -0.2) is 36.4 Å². The lowest BCUT2D eigenvalue weighted by atomic mass is 10.1. The molecule has 0 spiro atoms. The molecule has 0 aliphatic heterocycles. The molecule has 2 rings (SSSR count). The second-order valence-corrected chi connectivity index (χ2v) is 7.37. The monoisotopic (exact) mass is 416 g/mol. The van der Waals surface area contributed by atoms with Crippen LogP contribution in [0.1, 0.15) is 37.8 Å². The number of carbonyl (C=O) groups is 2. The first-order valence-corrected chi connectivity index (χ1v) is 10.3. The van der Waals surface area contributed by atoms with Gasteiger partial charge in [-0.3, -0.25) is 9.59 Å². The molecule has 0 bridgehead atoms. The van der Waals surface area contributed by atoms with Crippen molar-refractivity contribution in [1.29, 1.82) is 0 Å². The fraction of sp³-hybridized carbons (Fsp3) is 0.391. The zero-order valence-corrected chi connectivity index (χ0v) is 18.0. The third-order valence-corrected chi connectivity index (χ3v) is 5.15. The predicted molar refractivity (Wildman–Crippen MR) is 116 cm³/mol. The van der Waals surface area contributed by atoms with E-state index >= 15 is 0 Å². The van der Waals surface area contributed by atoms with E-state index < -0.39 is 6.04 Å². The molecule has 6 heteroatoms. The van der Waals surface area contributed by atoms with E-state index in [2.05, 4.69) is 12.2 Å². The van der Waals surface area contributed by atoms with Gasteiger partial charge >= 0.3 is 0 Å². The molecule has 0 saturated carbocycles. The van der Waals surface area contributed by atoms with E-state index in [1.165, 1.54) is 0 Å². The molecular weight excluding hydrogens is 388 g/mol. The van der Waals surface area contributed by atoms with E-state index in [0.29, 0.717) is 23.9 Å². The lowest BCUT2D eigenvalue weighted by molar-refractivity contribution is -0.140. The number of amides is 2. The van der Waals surface area contributed by atoms with E-state index in [9.17, 15) is 9.59 Å². The Hall–Kier alpha value is -2.53. The molecule has 1 atom stereocenters. The SMILES string of the molecule is CCCCNC(=O)[C@H](C)N(Cc1cccc(OC)c1)C(=O)Cc1ccccc1Cl. The van der Waals surface area contributed by atoms with Gasteiger partial charge in [0.2, 0.25) is 11.8 Å². The van der Waals surface area contributed by atoms with Gasteiger partial charge in [0.15, 0.2) is 0 Å². The van der Waals surface area contributed by atoms with Crippen LogP contribution in [0.5, 0.6) is 5.75 Å². The second kappa shape index (κ2) is 11.5. The quantitative estimate of drug-likeness (QED) is 0.590. The summed E-state index contributed by atoms with van der Waals surface area (Å²) in [6, 6.07) is 14.2. The molecule has 2 aromatic carbocycles. The number of benzene rings is 2. The number of carbonyl (C=O) groups excluding carboxylic acids is 2. The Labute approximate surface area is 178 Å². The molecule has 1 N–H and O–H groups in total. The minimum absolute atomic E-state index is 0.135. The van der Waals surface area contributed by atoms with Crippen LogP contribution in [0.15, 0.2) is 48.5 Å². The average molecular weight is 417 g/mol. The Bertz CT molecular complexity index is 825. The van der Waals surface area contributed by atoms with Gasteiger partial charge in [0.25, 0.3) is 0 Å². The van der Waals surface area contributed by atoms with Gasteiger partial charge in [0, 0.05) is 18.1 Å². The summed E-state index contributed by atoms with van der Waals surface area (Å²) in [5.74, 6) is 0.397. The van der Waals surface area contributed by atoms with Gasteiger partial charge in [-0.1, -0.05) is 55.3 Å². The Morgan fingerprint density at radius 3 is 2.62 bits per heavy atom. The highest BCUT2D eigenvalue weighted by atomic mass is 35.5. The van der Waals surface area contributed by atoms with Crippen molar-refractivity contribution >= 4 is 23.4 Å². The van der Waals surface area contributed by atoms with Crippen molar-refractivity contribution in [3.8, 4) is 5.75 Å². The number of methoxy groups -OCH3 is 1. The third kappa shape index (κ3) is 6.79. The summed E-state index contributed by atoms with van der Waals surface area (Å²) >= 11 is 6.23. The summed E-state index contributed by atoms with van der Waals surface area (Å²) in [7, 11) is 1.60. The van der Waals surface area contributed by atoms with Crippen molar-refractivity contribution in [2.24, 2.45) is 0 Å². The highest BCUT2D eigenvalue weighted by Gasteiger charge is 2.26. The van der Waals surface area contributed by atoms with Crippen LogP contribution in [0.3, 0.4) is 0 Å². The molecule has 2 aromatic rings. The van der Waals surface area contributed by atoms with Crippen molar-refractivity contribution in [2.45, 2.75) is 45.7 Å². The maximum absolute atomic E-state index is 13.2. The first kappa shape index (κ1) is 22.8. The van der Waals surface area contributed by atoms with Crippen LogP contribution in [0, 0.1) is 0 Å². The number of hydrogen-bond acceptors (Lipinski definition) is 3. The zero-order valence-electron chi connectivity index (χ0n) is 17.3. The molecular formula is C23H29ClN2O3. The molecule has 0 saturated heterocycles. The van der Waals surface area contributed by atoms with E-state index in [1.807, 2.05) is 42.5 Å². The molecule has 5 nitrogen and oxygen atoms in total. The van der Waals surface area contributed by atoms with Crippen LogP contribution < -0.4 is 10.1 Å². The Morgan fingerprint density at radius 2 is 1.93 bits per heavy atom. The summed E-state index contributed by atoms with van der Waals surface area (Å²) < 4.78 is 5.28. The second-order valence-electron chi connectivity index (χ2n) is 6.96. The van der Waals surface area contributed by atoms with Crippen molar-refractivity contribution < 1.29 is 14.3 Å². The molecule has 2 amide bonds. The van der Waals surface area contributed by atoms with Crippen molar-refractivity contribution in [3.63, 3.8) is 0 Å². The van der Waals surface area contributed by atoms with Crippen LogP contribution >= 0.6 is 11.6 Å². The van der Waals surface area contributed by atoms with E-state index in [0.717, 1.165) is 24.0 Å². The number of nitrogens with one attached hydrogen (secondary N) is 1. The molecule has 0 aliphatic rings. The Kier molecular flexibility index (Phi) is 9.00. The van der Waals surface area contributed by atoms with Gasteiger partial charge < -0.3 is 15.0 Å². The Balaban J connectivity index is 2.22. The molecule has 156 valence electrons. The predicted octanol–water partition coefficient (Wildman–Crippen LogP) is 4.22. The number of rotatable bonds is 10. The Morgan fingerprint density at radius 1 is 1.17 bits per heavy atom. The zero-order chi connectivity index (χ0) is 21.2. The molecule has 0 aliphatic carbocycles. The third-order valence-electron chi connectivity index (χ3n) is 4.78. The average Bonchev–Trinajstić information content (AvgIpc) is 2.73. The summed E-state index contributed by atoms with van der Waals surface area (Å²) in [6.07, 6.45) is 2.03. The minimum Gasteiger partial charge on any atom is -0.497 e. The van der Waals surface area contributed by atoms with Crippen LogP contribution in [0.4, 0.5) is 0 Å². The largest absolute Gasteiger partial charge is 0.497 e. The standard InChI is InChI=1S/C23H29ClN2O3/c1-4-5-13-25-23(28)17(2)26(16-18-9-8-11-20(14-18)29-3)22(27)15-19-10-6-7-12-21(19)24/h6-12,14,17H,4-5,13,15-16H2,1-3H3,(H,25,28)/t17-/m0/s1. The van der Waals surface area contributed by atoms with Crippen LogP contribution in [0.2, 0.25) is 5.02 Å². The maximum Gasteiger partial charge on any atom is 0.242 e. The van der Waals surface area contributed by atoms with E-state index in [-0.39, 0.29) is 18.2 Å². The smallest absolute Gasteiger partial charge is 0.242 e. The van der Waals surface area contributed by atoms with Gasteiger partial charge in [-0.15, -0.1) is 0 Å². The first-order chi connectivity index (χ1) is 14.0. The summed E-state index contributed by atoms with van der Waals surface area (Å²) in [5, 5.41) is 3.46. The van der Waals surface area contributed by atoms with Gasteiger partial charge in [-0.2, -0.15) is 0 Å². The van der Waals surface area contributed by atoms with Crippen molar-refractivity contribution in [2.75, 3.05) is 13.7 Å². The van der Waals surface area contributed by atoms with Gasteiger partial charge in [0.1, 0.15) is 11.8 Å². The first-order valence-electron chi connectivity index (χ1n) is 9.89. The number of unbranched alkanes of at least 4 members (excludes halogenated alkanes) is 1. The van der Waals surface area contributed by atoms with Crippen LogP contribution in [-0.2, 0) is 22.6 Å². The van der Waals surface area contributed by atoms with Gasteiger partial charge in [0.05, 0.1) is 13.5 Å². The number of halogens is 1. The highest BCUT2D eigenvalue weighted by molar-refractivity contribution is 6.31.